The Hall–Kier alpha value is -2.63. The Balaban J connectivity index is 2.28. The highest BCUT2D eigenvalue weighted by molar-refractivity contribution is 6.05. The molecule has 1 heterocycles. The third-order valence-corrected chi connectivity index (χ3v) is 2.96. The zero-order chi connectivity index (χ0) is 15.2. The lowest BCUT2D eigenvalue weighted by molar-refractivity contribution is 0.0987. The first kappa shape index (κ1) is 14.8. The molecule has 0 aliphatic carbocycles. The molecule has 0 saturated heterocycles. The summed E-state index contributed by atoms with van der Waals surface area (Å²) in [6, 6.07) is 7.33. The molecule has 110 valence electrons. The van der Waals surface area contributed by atoms with Crippen molar-refractivity contribution in [2.24, 2.45) is 0 Å². The molecular weight excluding hydrogens is 268 g/mol. The second kappa shape index (κ2) is 6.69. The summed E-state index contributed by atoms with van der Waals surface area (Å²) in [6.45, 7) is 2.67. The number of nitrogens with one attached hydrogen (secondary N) is 1. The van der Waals surface area contributed by atoms with Crippen molar-refractivity contribution < 1.29 is 9.53 Å². The van der Waals surface area contributed by atoms with E-state index in [2.05, 4.69) is 15.3 Å². The van der Waals surface area contributed by atoms with Crippen LogP contribution in [0.2, 0.25) is 0 Å². The fourth-order valence-corrected chi connectivity index (χ4v) is 1.92. The van der Waals surface area contributed by atoms with Gasteiger partial charge in [-0.05, 0) is 19.1 Å². The zero-order valence-corrected chi connectivity index (χ0v) is 12.3. The zero-order valence-electron chi connectivity index (χ0n) is 12.3. The van der Waals surface area contributed by atoms with Gasteiger partial charge in [0.1, 0.15) is 17.3 Å². The molecule has 0 unspecified atom stereocenters. The van der Waals surface area contributed by atoms with E-state index < -0.39 is 0 Å². The molecule has 0 spiro atoms. The molecule has 2 aromatic rings. The third-order valence-electron chi connectivity index (χ3n) is 2.96. The van der Waals surface area contributed by atoms with E-state index in [0.29, 0.717) is 23.8 Å². The number of rotatable bonds is 5. The van der Waals surface area contributed by atoms with Gasteiger partial charge in [-0.3, -0.25) is 9.78 Å². The Morgan fingerprint density at radius 3 is 2.81 bits per heavy atom. The molecule has 1 aromatic heterocycles. The Labute approximate surface area is 123 Å². The monoisotopic (exact) mass is 286 g/mol. The molecule has 2 rings (SSSR count). The van der Waals surface area contributed by atoms with Crippen LogP contribution in [0.25, 0.3) is 0 Å². The van der Waals surface area contributed by atoms with Crippen molar-refractivity contribution >= 4 is 17.4 Å². The molecule has 0 radical (unpaired) electrons. The largest absolute Gasteiger partial charge is 0.495 e. The average Bonchev–Trinajstić information content (AvgIpc) is 2.54. The van der Waals surface area contributed by atoms with Crippen molar-refractivity contribution in [1.82, 2.24) is 9.97 Å². The van der Waals surface area contributed by atoms with E-state index in [1.165, 1.54) is 11.1 Å². The molecule has 0 aliphatic rings. The molecule has 0 bridgehead atoms. The number of carbonyl (C=O) groups is 1. The summed E-state index contributed by atoms with van der Waals surface area (Å²) in [7, 11) is 3.25. The van der Waals surface area contributed by atoms with Gasteiger partial charge >= 0.3 is 0 Å². The third kappa shape index (κ3) is 3.28. The lowest BCUT2D eigenvalue weighted by Crippen LogP contribution is -2.27. The molecule has 1 aromatic carbocycles. The Kier molecular flexibility index (Phi) is 4.71. The summed E-state index contributed by atoms with van der Waals surface area (Å²) in [6.07, 6.45) is 3.04. The van der Waals surface area contributed by atoms with E-state index >= 15 is 0 Å². The van der Waals surface area contributed by atoms with Crippen LogP contribution >= 0.6 is 0 Å². The van der Waals surface area contributed by atoms with Crippen LogP contribution in [0.1, 0.15) is 17.4 Å². The summed E-state index contributed by atoms with van der Waals surface area (Å²) in [4.78, 5) is 22.3. The molecule has 6 heteroatoms. The van der Waals surface area contributed by atoms with Gasteiger partial charge < -0.3 is 15.0 Å². The number of hydrogen-bond donors (Lipinski definition) is 1. The van der Waals surface area contributed by atoms with E-state index in [0.717, 1.165) is 0 Å². The molecule has 0 saturated carbocycles. The number of anilines is 2. The number of ether oxygens (including phenoxy) is 1. The van der Waals surface area contributed by atoms with Gasteiger partial charge in [0.15, 0.2) is 0 Å². The highest BCUT2D eigenvalue weighted by Gasteiger charge is 2.18. The SMILES string of the molecule is CCNc1cncc(C(=O)N(C)c2ccccc2OC)n1. The predicted molar refractivity (Wildman–Crippen MR) is 81.9 cm³/mol. The highest BCUT2D eigenvalue weighted by Crippen LogP contribution is 2.27. The van der Waals surface area contributed by atoms with Crippen molar-refractivity contribution in [2.75, 3.05) is 30.9 Å². The van der Waals surface area contributed by atoms with Crippen LogP contribution in [-0.4, -0.2) is 36.6 Å². The fourth-order valence-electron chi connectivity index (χ4n) is 1.92. The summed E-state index contributed by atoms with van der Waals surface area (Å²) < 4.78 is 5.27. The summed E-state index contributed by atoms with van der Waals surface area (Å²) in [5.74, 6) is 0.965. The number of hydrogen-bond acceptors (Lipinski definition) is 5. The van der Waals surface area contributed by atoms with Gasteiger partial charge in [0, 0.05) is 13.6 Å². The molecule has 1 amide bonds. The molecule has 21 heavy (non-hydrogen) atoms. The van der Waals surface area contributed by atoms with Crippen LogP contribution in [0.5, 0.6) is 5.75 Å². The maximum absolute atomic E-state index is 12.5. The van der Waals surface area contributed by atoms with Crippen molar-refractivity contribution in [3.63, 3.8) is 0 Å². The lowest BCUT2D eigenvalue weighted by Gasteiger charge is -2.19. The van der Waals surface area contributed by atoms with Gasteiger partial charge in [-0.15, -0.1) is 0 Å². The molecule has 0 fully saturated rings. The summed E-state index contributed by atoms with van der Waals surface area (Å²) in [5, 5.41) is 3.03. The molecule has 1 N–H and O–H groups in total. The number of methoxy groups -OCH3 is 1. The number of carbonyl (C=O) groups excluding carboxylic acids is 1. The van der Waals surface area contributed by atoms with Crippen LogP contribution < -0.4 is 15.0 Å². The summed E-state index contributed by atoms with van der Waals surface area (Å²) in [5.41, 5.74) is 0.961. The van der Waals surface area contributed by atoms with Crippen molar-refractivity contribution in [1.29, 1.82) is 0 Å². The van der Waals surface area contributed by atoms with Gasteiger partial charge in [0.05, 0.1) is 25.2 Å². The molecule has 0 atom stereocenters. The number of benzene rings is 1. The quantitative estimate of drug-likeness (QED) is 0.912. The van der Waals surface area contributed by atoms with Crippen molar-refractivity contribution in [2.45, 2.75) is 6.92 Å². The second-order valence-electron chi connectivity index (χ2n) is 4.36. The smallest absolute Gasteiger partial charge is 0.278 e. The average molecular weight is 286 g/mol. The number of amides is 1. The van der Waals surface area contributed by atoms with E-state index in [1.807, 2.05) is 25.1 Å². The fraction of sp³-hybridized carbons (Fsp3) is 0.267. The van der Waals surface area contributed by atoms with Crippen LogP contribution in [0.3, 0.4) is 0 Å². The van der Waals surface area contributed by atoms with Crippen molar-refractivity contribution in [3.8, 4) is 5.75 Å². The van der Waals surface area contributed by atoms with Gasteiger partial charge in [-0.2, -0.15) is 0 Å². The topological polar surface area (TPSA) is 67.4 Å². The minimum absolute atomic E-state index is 0.244. The maximum Gasteiger partial charge on any atom is 0.278 e. The van der Waals surface area contributed by atoms with E-state index in [1.54, 1.807) is 26.4 Å². The Bertz CT molecular complexity index is 631. The van der Waals surface area contributed by atoms with E-state index in [-0.39, 0.29) is 11.6 Å². The highest BCUT2D eigenvalue weighted by atomic mass is 16.5. The number of para-hydroxylation sites is 2. The Morgan fingerprint density at radius 2 is 2.10 bits per heavy atom. The van der Waals surface area contributed by atoms with Gasteiger partial charge in [-0.1, -0.05) is 12.1 Å². The lowest BCUT2D eigenvalue weighted by atomic mass is 10.2. The van der Waals surface area contributed by atoms with Crippen molar-refractivity contribution in [3.05, 3.63) is 42.4 Å². The van der Waals surface area contributed by atoms with Gasteiger partial charge in [0.2, 0.25) is 0 Å². The molecular formula is C15H18N4O2. The number of nitrogens with zero attached hydrogens (tertiary/aromatic N) is 3. The van der Waals surface area contributed by atoms with Gasteiger partial charge in [0.25, 0.3) is 5.91 Å². The maximum atomic E-state index is 12.5. The Morgan fingerprint density at radius 1 is 1.33 bits per heavy atom. The number of aromatic nitrogens is 2. The minimum atomic E-state index is -0.244. The molecule has 6 nitrogen and oxygen atoms in total. The van der Waals surface area contributed by atoms with Crippen LogP contribution in [0, 0.1) is 0 Å². The second-order valence-corrected chi connectivity index (χ2v) is 4.36. The minimum Gasteiger partial charge on any atom is -0.495 e. The summed E-state index contributed by atoms with van der Waals surface area (Å²) >= 11 is 0. The molecule has 0 aliphatic heterocycles. The first-order valence-corrected chi connectivity index (χ1v) is 6.64. The first-order valence-electron chi connectivity index (χ1n) is 6.64. The normalized spacial score (nSPS) is 10.0. The predicted octanol–water partition coefficient (Wildman–Crippen LogP) is 2.19. The van der Waals surface area contributed by atoms with Crippen LogP contribution in [0.15, 0.2) is 36.7 Å². The van der Waals surface area contributed by atoms with E-state index in [4.69, 9.17) is 4.74 Å². The van der Waals surface area contributed by atoms with E-state index in [9.17, 15) is 4.79 Å². The van der Waals surface area contributed by atoms with Gasteiger partial charge in [-0.25, -0.2) is 4.98 Å². The first-order chi connectivity index (χ1) is 10.2. The van der Waals surface area contributed by atoms with Crippen LogP contribution in [0.4, 0.5) is 11.5 Å². The standard InChI is InChI=1S/C15H18N4O2/c1-4-17-14-10-16-9-11(18-14)15(20)19(2)12-7-5-6-8-13(12)21-3/h5-10H,4H2,1-3H3,(H,17,18). The van der Waals surface area contributed by atoms with Crippen LogP contribution in [-0.2, 0) is 0 Å².